The van der Waals surface area contributed by atoms with Crippen LogP contribution in [0.15, 0.2) is 36.4 Å². The zero-order valence-corrected chi connectivity index (χ0v) is 19.1. The number of nitrogens with zero attached hydrogens (tertiary/aromatic N) is 2. The van der Waals surface area contributed by atoms with E-state index in [1.165, 1.54) is 16.8 Å². The number of allylic oxidation sites excluding steroid dienone is 2. The summed E-state index contributed by atoms with van der Waals surface area (Å²) in [6.07, 6.45) is 5.33. The molecule has 0 bridgehead atoms. The zero-order valence-electron chi connectivity index (χ0n) is 17.6. The fourth-order valence-electron chi connectivity index (χ4n) is 4.07. The van der Waals surface area contributed by atoms with Crippen molar-refractivity contribution in [3.05, 3.63) is 68.7 Å². The van der Waals surface area contributed by atoms with Crippen molar-refractivity contribution in [1.29, 1.82) is 5.26 Å². The molecule has 0 fully saturated rings. The molecule has 0 N–H and O–H groups in total. The fraction of sp³-hybridized carbons (Fsp3) is 0.320. The van der Waals surface area contributed by atoms with Gasteiger partial charge in [-0.1, -0.05) is 42.3 Å². The lowest BCUT2D eigenvalue weighted by molar-refractivity contribution is 0.550. The fourth-order valence-corrected chi connectivity index (χ4v) is 4.58. The molecule has 0 radical (unpaired) electrons. The molecule has 2 aromatic rings. The number of fused-ring (bicyclic) bond motifs is 1. The quantitative estimate of drug-likeness (QED) is 0.369. The Kier molecular flexibility index (Phi) is 6.13. The van der Waals surface area contributed by atoms with Gasteiger partial charge in [0.05, 0.1) is 22.2 Å². The molecule has 3 rings (SSSR count). The van der Waals surface area contributed by atoms with Crippen LogP contribution in [-0.2, 0) is 0 Å². The predicted octanol–water partition coefficient (Wildman–Crippen LogP) is 7.78. The Hall–Kier alpha value is -2.21. The molecule has 0 amide bonds. The number of halogens is 2. The second kappa shape index (κ2) is 8.27. The number of hydrogen-bond acceptors (Lipinski definition) is 2. The molecule has 0 aliphatic carbocycles. The molecular formula is C25H26Cl2N2. The summed E-state index contributed by atoms with van der Waals surface area (Å²) in [4.78, 5) is 2.47. The Morgan fingerprint density at radius 3 is 2.52 bits per heavy atom. The van der Waals surface area contributed by atoms with Crippen LogP contribution in [0.25, 0.3) is 17.2 Å². The lowest BCUT2D eigenvalue weighted by Gasteiger charge is -2.43. The van der Waals surface area contributed by atoms with Crippen molar-refractivity contribution in [1.82, 2.24) is 0 Å². The number of aryl methyl sites for hydroxylation is 1. The molecule has 0 saturated carbocycles. The smallest absolute Gasteiger partial charge is 0.0998 e. The first kappa shape index (κ1) is 21.5. The summed E-state index contributed by atoms with van der Waals surface area (Å²) in [6.45, 7) is 12.0. The minimum absolute atomic E-state index is 0.0223. The second-order valence-electron chi connectivity index (χ2n) is 8.15. The average Bonchev–Trinajstić information content (AvgIpc) is 2.64. The maximum atomic E-state index is 9.77. The highest BCUT2D eigenvalue weighted by atomic mass is 35.5. The van der Waals surface area contributed by atoms with Crippen molar-refractivity contribution in [2.75, 3.05) is 11.4 Å². The Labute approximate surface area is 184 Å². The average molecular weight is 425 g/mol. The molecule has 29 heavy (non-hydrogen) atoms. The van der Waals surface area contributed by atoms with Crippen molar-refractivity contribution in [2.24, 2.45) is 0 Å². The Bertz CT molecular complexity index is 1060. The van der Waals surface area contributed by atoms with Crippen molar-refractivity contribution in [2.45, 2.75) is 46.6 Å². The Balaban J connectivity index is 2.14. The molecule has 0 aromatic heterocycles. The Morgan fingerprint density at radius 1 is 1.17 bits per heavy atom. The van der Waals surface area contributed by atoms with Crippen LogP contribution < -0.4 is 4.90 Å². The van der Waals surface area contributed by atoms with Crippen LogP contribution >= 0.6 is 23.2 Å². The van der Waals surface area contributed by atoms with Gasteiger partial charge in [-0.2, -0.15) is 5.26 Å². The number of rotatable bonds is 4. The summed E-state index contributed by atoms with van der Waals surface area (Å²) in [5.74, 6) is 0. The number of hydrogen-bond donors (Lipinski definition) is 0. The van der Waals surface area contributed by atoms with Crippen LogP contribution in [0.3, 0.4) is 0 Å². The second-order valence-corrected chi connectivity index (χ2v) is 9.00. The molecule has 0 atom stereocenters. The van der Waals surface area contributed by atoms with E-state index in [1.54, 1.807) is 18.2 Å². The van der Waals surface area contributed by atoms with Crippen LogP contribution in [0, 0.1) is 18.3 Å². The largest absolute Gasteiger partial charge is 0.362 e. The lowest BCUT2D eigenvalue weighted by Crippen LogP contribution is -2.45. The molecule has 2 aromatic carbocycles. The van der Waals surface area contributed by atoms with Crippen LogP contribution in [-0.4, -0.2) is 12.1 Å². The topological polar surface area (TPSA) is 27.0 Å². The lowest BCUT2D eigenvalue weighted by atomic mass is 9.86. The van der Waals surface area contributed by atoms with Crippen LogP contribution in [0.2, 0.25) is 10.0 Å². The van der Waals surface area contributed by atoms with Gasteiger partial charge in [-0.25, -0.2) is 0 Å². The van der Waals surface area contributed by atoms with Gasteiger partial charge >= 0.3 is 0 Å². The van der Waals surface area contributed by atoms with Gasteiger partial charge in [0.1, 0.15) is 0 Å². The van der Waals surface area contributed by atoms with Crippen molar-refractivity contribution >= 4 is 46.1 Å². The molecule has 0 unspecified atom stereocenters. The molecule has 1 aliphatic rings. The zero-order chi connectivity index (χ0) is 21.3. The van der Waals surface area contributed by atoms with Gasteiger partial charge in [0.25, 0.3) is 0 Å². The van der Waals surface area contributed by atoms with E-state index >= 15 is 0 Å². The van der Waals surface area contributed by atoms with E-state index < -0.39 is 0 Å². The van der Waals surface area contributed by atoms with E-state index in [-0.39, 0.29) is 5.54 Å². The molecule has 150 valence electrons. The minimum atomic E-state index is -0.0223. The summed E-state index contributed by atoms with van der Waals surface area (Å²) in [5, 5.41) is 10.8. The van der Waals surface area contributed by atoms with Gasteiger partial charge in [-0.3, -0.25) is 0 Å². The summed E-state index contributed by atoms with van der Waals surface area (Å²) in [5.41, 5.74) is 7.09. The van der Waals surface area contributed by atoms with E-state index in [9.17, 15) is 5.26 Å². The van der Waals surface area contributed by atoms with Crippen LogP contribution in [0.5, 0.6) is 0 Å². The summed E-state index contributed by atoms with van der Waals surface area (Å²) in [7, 11) is 0. The first-order valence-corrected chi connectivity index (χ1v) is 10.6. The number of nitriles is 1. The van der Waals surface area contributed by atoms with Gasteiger partial charge in [-0.05, 0) is 81.2 Å². The summed E-state index contributed by atoms with van der Waals surface area (Å²) < 4.78 is 0. The summed E-state index contributed by atoms with van der Waals surface area (Å²) in [6, 6.07) is 11.9. The maximum Gasteiger partial charge on any atom is 0.0998 e. The first-order chi connectivity index (χ1) is 13.7. The van der Waals surface area contributed by atoms with Gasteiger partial charge in [0.2, 0.25) is 0 Å². The van der Waals surface area contributed by atoms with E-state index in [1.807, 2.05) is 6.08 Å². The first-order valence-electron chi connectivity index (χ1n) is 9.87. The highest BCUT2D eigenvalue weighted by Gasteiger charge is 2.31. The predicted molar refractivity (Wildman–Crippen MR) is 126 cm³/mol. The third-order valence-corrected chi connectivity index (χ3v) is 6.00. The van der Waals surface area contributed by atoms with E-state index in [4.69, 9.17) is 23.2 Å². The van der Waals surface area contributed by atoms with Gasteiger partial charge in [0.15, 0.2) is 0 Å². The van der Waals surface area contributed by atoms with Crippen molar-refractivity contribution in [3.8, 4) is 6.07 Å². The molecule has 4 heteroatoms. The standard InChI is InChI=1S/C25H26Cl2N2/c1-6-9-29-24-10-16(2)18(12-22(24)17(3)14-25(29,4)5)11-19(15-28)21-8-7-20(26)13-23(21)27/h7-8,10-14H,6,9H2,1-5H3/b19-11+. The highest BCUT2D eigenvalue weighted by molar-refractivity contribution is 6.36. The number of anilines is 1. The SMILES string of the molecule is CCCN1c2cc(C)c(/C=C(\C#N)c3ccc(Cl)cc3Cl)cc2C(C)=CC1(C)C. The number of benzene rings is 2. The maximum absolute atomic E-state index is 9.77. The molecule has 1 aliphatic heterocycles. The molecule has 0 spiro atoms. The third-order valence-electron chi connectivity index (χ3n) is 5.45. The van der Waals surface area contributed by atoms with Crippen molar-refractivity contribution < 1.29 is 0 Å². The van der Waals surface area contributed by atoms with Gasteiger partial charge in [0, 0.05) is 28.4 Å². The summed E-state index contributed by atoms with van der Waals surface area (Å²) >= 11 is 12.4. The Morgan fingerprint density at radius 2 is 1.90 bits per heavy atom. The monoisotopic (exact) mass is 424 g/mol. The van der Waals surface area contributed by atoms with E-state index in [2.05, 4.69) is 63.8 Å². The molecule has 2 nitrogen and oxygen atoms in total. The molecule has 0 saturated heterocycles. The van der Waals surface area contributed by atoms with E-state index in [0.29, 0.717) is 21.2 Å². The molecular weight excluding hydrogens is 399 g/mol. The normalized spacial score (nSPS) is 15.6. The molecule has 1 heterocycles. The minimum Gasteiger partial charge on any atom is -0.362 e. The van der Waals surface area contributed by atoms with Crippen molar-refractivity contribution in [3.63, 3.8) is 0 Å². The van der Waals surface area contributed by atoms with E-state index in [0.717, 1.165) is 24.1 Å². The van der Waals surface area contributed by atoms with Gasteiger partial charge in [-0.15, -0.1) is 0 Å². The highest BCUT2D eigenvalue weighted by Crippen LogP contribution is 2.41. The van der Waals surface area contributed by atoms with Gasteiger partial charge < -0.3 is 4.90 Å². The third kappa shape index (κ3) is 4.22. The van der Waals surface area contributed by atoms with Crippen LogP contribution in [0.1, 0.15) is 56.4 Å². The van der Waals surface area contributed by atoms with Crippen LogP contribution in [0.4, 0.5) is 5.69 Å².